The number of nitrogens with zero attached hydrogens (tertiary/aromatic N) is 3. The van der Waals surface area contributed by atoms with Crippen molar-refractivity contribution in [1.29, 1.82) is 0 Å². The molecule has 5 nitrogen and oxygen atoms in total. The van der Waals surface area contributed by atoms with Crippen LogP contribution in [0.2, 0.25) is 0 Å². The predicted molar refractivity (Wildman–Crippen MR) is 99.2 cm³/mol. The zero-order valence-electron chi connectivity index (χ0n) is 14.0. The molecular weight excluding hydrogens is 312 g/mol. The smallest absolute Gasteiger partial charge is 0.259 e. The van der Waals surface area contributed by atoms with Gasteiger partial charge in [-0.05, 0) is 43.5 Å². The standard InChI is InChI=1S/C20H20N4O/c25-20(15-11-14-8-9-21-19(14)22-12-15)24-13-16-5-3-4-10-23(16)17-6-1-2-7-18(17)24/h1-2,6-9,11-12,16H,3-5,10,13H2,(H,21,22). The molecule has 1 aromatic carbocycles. The molecule has 1 fully saturated rings. The number of piperidine rings is 1. The van der Waals surface area contributed by atoms with Crippen molar-refractivity contribution in [2.75, 3.05) is 22.9 Å². The van der Waals surface area contributed by atoms with Crippen LogP contribution in [0.15, 0.2) is 48.8 Å². The highest BCUT2D eigenvalue weighted by Crippen LogP contribution is 2.39. The minimum atomic E-state index is 0.0354. The Morgan fingerprint density at radius 1 is 1.16 bits per heavy atom. The molecule has 5 heteroatoms. The molecule has 1 N–H and O–H groups in total. The molecule has 1 atom stereocenters. The number of fused-ring (bicyclic) bond motifs is 4. The third-order valence-electron chi connectivity index (χ3n) is 5.39. The summed E-state index contributed by atoms with van der Waals surface area (Å²) in [6, 6.07) is 12.6. The number of aromatic nitrogens is 2. The van der Waals surface area contributed by atoms with Crippen molar-refractivity contribution in [3.63, 3.8) is 0 Å². The maximum atomic E-state index is 13.3. The second-order valence-corrected chi connectivity index (χ2v) is 6.89. The van der Waals surface area contributed by atoms with E-state index in [1.807, 2.05) is 29.3 Å². The first-order valence-corrected chi connectivity index (χ1v) is 8.92. The summed E-state index contributed by atoms with van der Waals surface area (Å²) >= 11 is 0. The second kappa shape index (κ2) is 5.62. The summed E-state index contributed by atoms with van der Waals surface area (Å²) in [6.07, 6.45) is 7.14. The highest BCUT2D eigenvalue weighted by Gasteiger charge is 2.35. The van der Waals surface area contributed by atoms with E-state index < -0.39 is 0 Å². The van der Waals surface area contributed by atoms with Gasteiger partial charge in [-0.25, -0.2) is 4.98 Å². The lowest BCUT2D eigenvalue weighted by molar-refractivity contribution is 0.0982. The van der Waals surface area contributed by atoms with Gasteiger partial charge >= 0.3 is 0 Å². The number of carbonyl (C=O) groups excluding carboxylic acids is 1. The SMILES string of the molecule is O=C(c1cnc2[nH]ccc2c1)N1CC2CCCCN2c2ccccc21. The number of benzene rings is 1. The van der Waals surface area contributed by atoms with E-state index in [1.54, 1.807) is 6.20 Å². The monoisotopic (exact) mass is 332 g/mol. The molecule has 1 saturated heterocycles. The number of aromatic amines is 1. The van der Waals surface area contributed by atoms with Crippen molar-refractivity contribution in [3.05, 3.63) is 54.4 Å². The highest BCUT2D eigenvalue weighted by molar-refractivity contribution is 6.09. The van der Waals surface area contributed by atoms with E-state index >= 15 is 0 Å². The summed E-state index contributed by atoms with van der Waals surface area (Å²) in [5.74, 6) is 0.0354. The number of nitrogens with one attached hydrogen (secondary N) is 1. The number of pyridine rings is 1. The number of hydrogen-bond donors (Lipinski definition) is 1. The van der Waals surface area contributed by atoms with E-state index in [-0.39, 0.29) is 5.91 Å². The van der Waals surface area contributed by atoms with Crippen LogP contribution < -0.4 is 9.80 Å². The summed E-state index contributed by atoms with van der Waals surface area (Å²) in [5, 5.41) is 0.968. The van der Waals surface area contributed by atoms with Gasteiger partial charge in [0.25, 0.3) is 5.91 Å². The Bertz CT molecular complexity index is 948. The molecule has 2 aromatic heterocycles. The van der Waals surface area contributed by atoms with Gasteiger partial charge in [0.1, 0.15) is 5.65 Å². The van der Waals surface area contributed by atoms with Gasteiger partial charge in [-0.2, -0.15) is 0 Å². The van der Waals surface area contributed by atoms with Crippen LogP contribution in [-0.2, 0) is 0 Å². The molecule has 3 aromatic rings. The molecule has 4 heterocycles. The summed E-state index contributed by atoms with van der Waals surface area (Å²) in [7, 11) is 0. The van der Waals surface area contributed by atoms with Crippen LogP contribution in [0.4, 0.5) is 11.4 Å². The second-order valence-electron chi connectivity index (χ2n) is 6.89. The van der Waals surface area contributed by atoms with Crippen LogP contribution in [0.25, 0.3) is 11.0 Å². The Labute approximate surface area is 146 Å². The fourth-order valence-electron chi connectivity index (χ4n) is 4.16. The molecule has 0 bridgehead atoms. The lowest BCUT2D eigenvalue weighted by Gasteiger charge is -2.46. The molecule has 1 amide bonds. The molecular formula is C20H20N4O. The molecule has 0 spiro atoms. The van der Waals surface area contributed by atoms with Gasteiger partial charge < -0.3 is 14.8 Å². The van der Waals surface area contributed by atoms with Gasteiger partial charge in [0, 0.05) is 36.9 Å². The number of rotatable bonds is 1. The molecule has 1 unspecified atom stereocenters. The van der Waals surface area contributed by atoms with Crippen LogP contribution in [0.5, 0.6) is 0 Å². The van der Waals surface area contributed by atoms with E-state index in [1.165, 1.54) is 18.5 Å². The normalized spacial score (nSPS) is 19.6. The number of amides is 1. The van der Waals surface area contributed by atoms with Gasteiger partial charge in [0.15, 0.2) is 0 Å². The number of hydrogen-bond acceptors (Lipinski definition) is 3. The first kappa shape index (κ1) is 14.5. The van der Waals surface area contributed by atoms with Crippen molar-refractivity contribution in [2.45, 2.75) is 25.3 Å². The third-order valence-corrected chi connectivity index (χ3v) is 5.39. The van der Waals surface area contributed by atoms with Crippen LogP contribution in [0, 0.1) is 0 Å². The van der Waals surface area contributed by atoms with Crippen LogP contribution in [0.1, 0.15) is 29.6 Å². The number of anilines is 2. The van der Waals surface area contributed by atoms with Crippen LogP contribution in [0.3, 0.4) is 0 Å². The molecule has 126 valence electrons. The number of H-pyrrole nitrogens is 1. The van der Waals surface area contributed by atoms with E-state index in [9.17, 15) is 4.79 Å². The molecule has 2 aliphatic heterocycles. The molecule has 0 aliphatic carbocycles. The Balaban J connectivity index is 1.56. The predicted octanol–water partition coefficient (Wildman–Crippen LogP) is 3.58. The van der Waals surface area contributed by atoms with Crippen molar-refractivity contribution < 1.29 is 4.79 Å². The summed E-state index contributed by atoms with van der Waals surface area (Å²) in [4.78, 5) is 25.1. The summed E-state index contributed by atoms with van der Waals surface area (Å²) < 4.78 is 0. The number of carbonyl (C=O) groups is 1. The maximum absolute atomic E-state index is 13.3. The Hall–Kier alpha value is -2.82. The van der Waals surface area contributed by atoms with Crippen LogP contribution in [-0.4, -0.2) is 35.0 Å². The average molecular weight is 332 g/mol. The van der Waals surface area contributed by atoms with Gasteiger partial charge in [-0.15, -0.1) is 0 Å². The third kappa shape index (κ3) is 2.30. The Kier molecular flexibility index (Phi) is 3.26. The fourth-order valence-corrected chi connectivity index (χ4v) is 4.16. The largest absolute Gasteiger partial charge is 0.365 e. The topological polar surface area (TPSA) is 52.2 Å². The van der Waals surface area contributed by atoms with Gasteiger partial charge in [0.05, 0.1) is 16.9 Å². The fraction of sp³-hybridized carbons (Fsp3) is 0.300. The molecule has 5 rings (SSSR count). The van der Waals surface area contributed by atoms with Crippen LogP contribution >= 0.6 is 0 Å². The minimum absolute atomic E-state index is 0.0354. The van der Waals surface area contributed by atoms with E-state index in [2.05, 4.69) is 33.1 Å². The molecule has 2 aliphatic rings. The van der Waals surface area contributed by atoms with Gasteiger partial charge in [-0.1, -0.05) is 12.1 Å². The van der Waals surface area contributed by atoms with E-state index in [4.69, 9.17) is 0 Å². The van der Waals surface area contributed by atoms with E-state index in [0.29, 0.717) is 11.6 Å². The molecule has 0 saturated carbocycles. The maximum Gasteiger partial charge on any atom is 0.259 e. The van der Waals surface area contributed by atoms with Crippen molar-refractivity contribution in [1.82, 2.24) is 9.97 Å². The quantitative estimate of drug-likeness (QED) is 0.741. The van der Waals surface area contributed by atoms with Crippen molar-refractivity contribution in [3.8, 4) is 0 Å². The van der Waals surface area contributed by atoms with Crippen molar-refractivity contribution in [2.24, 2.45) is 0 Å². The minimum Gasteiger partial charge on any atom is -0.365 e. The summed E-state index contributed by atoms with van der Waals surface area (Å²) in [6.45, 7) is 1.83. The summed E-state index contributed by atoms with van der Waals surface area (Å²) in [5.41, 5.74) is 3.66. The zero-order valence-corrected chi connectivity index (χ0v) is 14.0. The Morgan fingerprint density at radius 3 is 2.96 bits per heavy atom. The first-order valence-electron chi connectivity index (χ1n) is 8.92. The average Bonchev–Trinajstić information content (AvgIpc) is 3.14. The zero-order chi connectivity index (χ0) is 16.8. The Morgan fingerprint density at radius 2 is 2.04 bits per heavy atom. The molecule has 0 radical (unpaired) electrons. The highest BCUT2D eigenvalue weighted by atomic mass is 16.2. The first-order chi connectivity index (χ1) is 12.3. The molecule has 25 heavy (non-hydrogen) atoms. The van der Waals surface area contributed by atoms with Gasteiger partial charge in [-0.3, -0.25) is 4.79 Å². The van der Waals surface area contributed by atoms with Crippen molar-refractivity contribution >= 4 is 28.3 Å². The van der Waals surface area contributed by atoms with Gasteiger partial charge in [0.2, 0.25) is 0 Å². The van der Waals surface area contributed by atoms with E-state index in [0.717, 1.165) is 36.2 Å². The lowest BCUT2D eigenvalue weighted by Crippen LogP contribution is -2.52. The lowest BCUT2D eigenvalue weighted by atomic mass is 9.96. The number of para-hydroxylation sites is 2.